The number of aryl methyl sites for hydroxylation is 1. The molecule has 0 aliphatic carbocycles. The largest absolute Gasteiger partial charge is 0.308 e. The van der Waals surface area contributed by atoms with E-state index in [1.807, 2.05) is 0 Å². The quantitative estimate of drug-likeness (QED) is 0.732. The average molecular weight is 177 g/mol. The fraction of sp³-hybridized carbons (Fsp3) is 0.500. The maximum atomic E-state index is 3.48. The molecule has 0 unspecified atom stereocenters. The molecule has 1 nitrogen and oxygen atoms in total. The Bertz CT molecular complexity index is 271. The van der Waals surface area contributed by atoms with Crippen molar-refractivity contribution < 1.29 is 0 Å². The predicted molar refractivity (Wildman–Crippen MR) is 57.8 cm³/mol. The molecule has 13 heavy (non-hydrogen) atoms. The van der Waals surface area contributed by atoms with Gasteiger partial charge in [-0.3, -0.25) is 0 Å². The van der Waals surface area contributed by atoms with Crippen LogP contribution in [0.3, 0.4) is 0 Å². The molecule has 0 saturated carbocycles. The topological polar surface area (TPSA) is 12.0 Å². The molecule has 0 heterocycles. The third kappa shape index (κ3) is 3.60. The number of benzene rings is 1. The molecule has 1 aromatic carbocycles. The Morgan fingerprint density at radius 3 is 2.31 bits per heavy atom. The van der Waals surface area contributed by atoms with Gasteiger partial charge in [-0.2, -0.15) is 0 Å². The molecule has 0 aromatic heterocycles. The van der Waals surface area contributed by atoms with Crippen molar-refractivity contribution in [2.24, 2.45) is 0 Å². The van der Waals surface area contributed by atoms with Gasteiger partial charge >= 0.3 is 0 Å². The Balaban J connectivity index is 2.60. The molecule has 1 rings (SSSR count). The van der Waals surface area contributed by atoms with Crippen LogP contribution in [0.1, 0.15) is 31.9 Å². The molecular weight excluding hydrogens is 158 g/mol. The smallest absolute Gasteiger partial charge is 0.0212 e. The summed E-state index contributed by atoms with van der Waals surface area (Å²) >= 11 is 0. The molecule has 0 aliphatic heterocycles. The zero-order valence-corrected chi connectivity index (χ0v) is 9.02. The van der Waals surface area contributed by atoms with Gasteiger partial charge in [0.15, 0.2) is 0 Å². The van der Waals surface area contributed by atoms with Gasteiger partial charge in [0.05, 0.1) is 0 Å². The van der Waals surface area contributed by atoms with Crippen molar-refractivity contribution in [1.82, 2.24) is 5.32 Å². The lowest BCUT2D eigenvalue weighted by Gasteiger charge is -2.21. The summed E-state index contributed by atoms with van der Waals surface area (Å²) < 4.78 is 0. The standard InChI is InChI=1S/C12H19N/c1-10-7-5-6-8-11(10)9-13-12(2,3)4/h5-8,13H,9H2,1-4H3. The van der Waals surface area contributed by atoms with Crippen molar-refractivity contribution in [2.75, 3.05) is 0 Å². The highest BCUT2D eigenvalue weighted by Crippen LogP contribution is 2.08. The minimum atomic E-state index is 0.197. The van der Waals surface area contributed by atoms with Gasteiger partial charge in [0.25, 0.3) is 0 Å². The maximum absolute atomic E-state index is 3.48. The van der Waals surface area contributed by atoms with Crippen molar-refractivity contribution in [3.63, 3.8) is 0 Å². The summed E-state index contributed by atoms with van der Waals surface area (Å²) in [5.41, 5.74) is 2.94. The fourth-order valence-electron chi connectivity index (χ4n) is 1.17. The second-order valence-electron chi connectivity index (χ2n) is 4.53. The average Bonchev–Trinajstić information content (AvgIpc) is 2.01. The third-order valence-electron chi connectivity index (χ3n) is 2.07. The van der Waals surface area contributed by atoms with E-state index in [-0.39, 0.29) is 5.54 Å². The summed E-state index contributed by atoms with van der Waals surface area (Å²) in [4.78, 5) is 0. The minimum absolute atomic E-state index is 0.197. The first kappa shape index (κ1) is 10.3. The summed E-state index contributed by atoms with van der Waals surface area (Å²) in [6.07, 6.45) is 0. The molecule has 0 spiro atoms. The molecule has 1 aromatic rings. The maximum Gasteiger partial charge on any atom is 0.0212 e. The highest BCUT2D eigenvalue weighted by atomic mass is 14.9. The number of hydrogen-bond donors (Lipinski definition) is 1. The second-order valence-corrected chi connectivity index (χ2v) is 4.53. The van der Waals surface area contributed by atoms with Gasteiger partial charge in [0.1, 0.15) is 0 Å². The van der Waals surface area contributed by atoms with E-state index in [0.29, 0.717) is 0 Å². The summed E-state index contributed by atoms with van der Waals surface area (Å²) in [6, 6.07) is 8.50. The van der Waals surface area contributed by atoms with Crippen LogP contribution in [-0.4, -0.2) is 5.54 Å². The monoisotopic (exact) mass is 177 g/mol. The number of rotatable bonds is 2. The first-order valence-electron chi connectivity index (χ1n) is 4.78. The lowest BCUT2D eigenvalue weighted by Crippen LogP contribution is -2.35. The van der Waals surface area contributed by atoms with E-state index in [4.69, 9.17) is 0 Å². The van der Waals surface area contributed by atoms with Crippen molar-refractivity contribution in [1.29, 1.82) is 0 Å². The molecule has 0 atom stereocenters. The molecule has 1 N–H and O–H groups in total. The van der Waals surface area contributed by atoms with Gasteiger partial charge in [0, 0.05) is 12.1 Å². The van der Waals surface area contributed by atoms with Crippen LogP contribution in [0.4, 0.5) is 0 Å². The molecule has 0 bridgehead atoms. The van der Waals surface area contributed by atoms with Crippen molar-refractivity contribution in [3.8, 4) is 0 Å². The highest BCUT2D eigenvalue weighted by molar-refractivity contribution is 5.25. The van der Waals surface area contributed by atoms with Gasteiger partial charge in [-0.1, -0.05) is 24.3 Å². The zero-order chi connectivity index (χ0) is 9.90. The Labute approximate surface area is 81.2 Å². The first-order valence-corrected chi connectivity index (χ1v) is 4.78. The minimum Gasteiger partial charge on any atom is -0.308 e. The Kier molecular flexibility index (Phi) is 3.10. The summed E-state index contributed by atoms with van der Waals surface area (Å²) in [6.45, 7) is 9.66. The highest BCUT2D eigenvalue weighted by Gasteiger charge is 2.08. The Morgan fingerprint density at radius 2 is 1.77 bits per heavy atom. The summed E-state index contributed by atoms with van der Waals surface area (Å²) in [7, 11) is 0. The van der Waals surface area contributed by atoms with Gasteiger partial charge in [-0.25, -0.2) is 0 Å². The van der Waals surface area contributed by atoms with Crippen LogP contribution in [0.2, 0.25) is 0 Å². The SMILES string of the molecule is Cc1ccccc1CNC(C)(C)C. The summed E-state index contributed by atoms with van der Waals surface area (Å²) in [5.74, 6) is 0. The first-order chi connectivity index (χ1) is 5.99. The molecule has 0 amide bonds. The van der Waals surface area contributed by atoms with Crippen LogP contribution < -0.4 is 5.32 Å². The van der Waals surface area contributed by atoms with E-state index < -0.39 is 0 Å². The molecule has 1 heteroatoms. The lowest BCUT2D eigenvalue weighted by atomic mass is 10.1. The normalized spacial score (nSPS) is 11.7. The van der Waals surface area contributed by atoms with Gasteiger partial charge < -0.3 is 5.32 Å². The van der Waals surface area contributed by atoms with Crippen molar-refractivity contribution in [2.45, 2.75) is 39.8 Å². The molecule has 72 valence electrons. The van der Waals surface area contributed by atoms with E-state index in [9.17, 15) is 0 Å². The van der Waals surface area contributed by atoms with Crippen LogP contribution in [0.25, 0.3) is 0 Å². The van der Waals surface area contributed by atoms with Crippen LogP contribution in [0.5, 0.6) is 0 Å². The van der Waals surface area contributed by atoms with E-state index in [0.717, 1.165) is 6.54 Å². The van der Waals surface area contributed by atoms with Crippen LogP contribution in [-0.2, 0) is 6.54 Å². The molecule has 0 fully saturated rings. The fourth-order valence-corrected chi connectivity index (χ4v) is 1.17. The van der Waals surface area contributed by atoms with E-state index >= 15 is 0 Å². The lowest BCUT2D eigenvalue weighted by molar-refractivity contribution is 0.424. The van der Waals surface area contributed by atoms with E-state index in [1.165, 1.54) is 11.1 Å². The molecule has 0 radical (unpaired) electrons. The Hall–Kier alpha value is -0.820. The second kappa shape index (κ2) is 3.93. The third-order valence-corrected chi connectivity index (χ3v) is 2.07. The molecule has 0 aliphatic rings. The molecule has 0 saturated heterocycles. The summed E-state index contributed by atoms with van der Waals surface area (Å²) in [5, 5.41) is 3.48. The van der Waals surface area contributed by atoms with Gasteiger partial charge in [-0.15, -0.1) is 0 Å². The van der Waals surface area contributed by atoms with E-state index in [2.05, 4.69) is 57.3 Å². The Morgan fingerprint density at radius 1 is 1.15 bits per heavy atom. The number of nitrogens with one attached hydrogen (secondary N) is 1. The zero-order valence-electron chi connectivity index (χ0n) is 9.02. The molecular formula is C12H19N. The van der Waals surface area contributed by atoms with Crippen LogP contribution in [0.15, 0.2) is 24.3 Å². The van der Waals surface area contributed by atoms with Crippen molar-refractivity contribution >= 4 is 0 Å². The van der Waals surface area contributed by atoms with Crippen LogP contribution >= 0.6 is 0 Å². The van der Waals surface area contributed by atoms with Crippen LogP contribution in [0, 0.1) is 6.92 Å². The van der Waals surface area contributed by atoms with Crippen molar-refractivity contribution in [3.05, 3.63) is 35.4 Å². The van der Waals surface area contributed by atoms with Gasteiger partial charge in [-0.05, 0) is 38.8 Å². The number of hydrogen-bond acceptors (Lipinski definition) is 1. The van der Waals surface area contributed by atoms with E-state index in [1.54, 1.807) is 0 Å². The predicted octanol–water partition coefficient (Wildman–Crippen LogP) is 2.88. The van der Waals surface area contributed by atoms with Gasteiger partial charge in [0.2, 0.25) is 0 Å².